The van der Waals surface area contributed by atoms with E-state index in [9.17, 15) is 4.79 Å². The molecule has 2 nitrogen and oxygen atoms in total. The van der Waals surface area contributed by atoms with E-state index < -0.39 is 0 Å². The Labute approximate surface area is 74.7 Å². The predicted octanol–water partition coefficient (Wildman–Crippen LogP) is 1.74. The summed E-state index contributed by atoms with van der Waals surface area (Å²) in [6.45, 7) is 4.92. The molecule has 1 aliphatic rings. The lowest BCUT2D eigenvalue weighted by atomic mass is 9.88. The van der Waals surface area contributed by atoms with Gasteiger partial charge in [0.2, 0.25) is 0 Å². The number of rotatable bonds is 3. The smallest absolute Gasteiger partial charge is 0.146 e. The standard InChI is InChI=1S/C10H19NO/c1-3-4-9-5-6-11-10(7-9)8(2)12/h9-11H,3-7H2,1-2H3/t9-,10+/m1/s1. The molecule has 0 saturated carbocycles. The van der Waals surface area contributed by atoms with Gasteiger partial charge < -0.3 is 5.32 Å². The number of carbonyl (C=O) groups excluding carboxylic acids is 1. The fourth-order valence-corrected chi connectivity index (χ4v) is 1.98. The van der Waals surface area contributed by atoms with E-state index in [-0.39, 0.29) is 6.04 Å². The first-order valence-corrected chi connectivity index (χ1v) is 4.98. The second kappa shape index (κ2) is 4.61. The van der Waals surface area contributed by atoms with Gasteiger partial charge in [0.25, 0.3) is 0 Å². The summed E-state index contributed by atoms with van der Waals surface area (Å²) in [6.07, 6.45) is 4.83. The molecule has 2 atom stereocenters. The van der Waals surface area contributed by atoms with E-state index in [0.29, 0.717) is 5.78 Å². The summed E-state index contributed by atoms with van der Waals surface area (Å²) in [5.41, 5.74) is 0. The van der Waals surface area contributed by atoms with Crippen molar-refractivity contribution in [1.82, 2.24) is 5.32 Å². The van der Waals surface area contributed by atoms with Crippen LogP contribution in [0.15, 0.2) is 0 Å². The van der Waals surface area contributed by atoms with E-state index in [1.807, 2.05) is 0 Å². The van der Waals surface area contributed by atoms with E-state index in [1.165, 1.54) is 19.3 Å². The molecule has 1 saturated heterocycles. The highest BCUT2D eigenvalue weighted by molar-refractivity contribution is 5.81. The molecule has 1 heterocycles. The Morgan fingerprint density at radius 1 is 1.58 bits per heavy atom. The van der Waals surface area contributed by atoms with Crippen molar-refractivity contribution < 1.29 is 4.79 Å². The Bertz CT molecular complexity index is 154. The summed E-state index contributed by atoms with van der Waals surface area (Å²) in [6, 6.07) is 0.148. The molecule has 0 spiro atoms. The second-order valence-electron chi connectivity index (χ2n) is 3.80. The first kappa shape index (κ1) is 9.72. The zero-order valence-corrected chi connectivity index (χ0v) is 8.10. The zero-order chi connectivity index (χ0) is 8.97. The van der Waals surface area contributed by atoms with Crippen LogP contribution in [0.3, 0.4) is 0 Å². The van der Waals surface area contributed by atoms with Crippen LogP contribution >= 0.6 is 0 Å². The van der Waals surface area contributed by atoms with E-state index in [1.54, 1.807) is 6.92 Å². The minimum absolute atomic E-state index is 0.148. The quantitative estimate of drug-likeness (QED) is 0.697. The van der Waals surface area contributed by atoms with E-state index >= 15 is 0 Å². The Morgan fingerprint density at radius 2 is 2.33 bits per heavy atom. The highest BCUT2D eigenvalue weighted by Crippen LogP contribution is 2.21. The SMILES string of the molecule is CCC[C@@H]1CCN[C@H](C(C)=O)C1. The van der Waals surface area contributed by atoms with Crippen LogP contribution in [0.1, 0.15) is 39.5 Å². The van der Waals surface area contributed by atoms with Crippen LogP contribution in [0.2, 0.25) is 0 Å². The molecule has 0 bridgehead atoms. The molecule has 1 rings (SSSR count). The topological polar surface area (TPSA) is 29.1 Å². The number of ketones is 1. The summed E-state index contributed by atoms with van der Waals surface area (Å²) in [7, 11) is 0. The fourth-order valence-electron chi connectivity index (χ4n) is 1.98. The van der Waals surface area contributed by atoms with E-state index in [4.69, 9.17) is 0 Å². The van der Waals surface area contributed by atoms with Gasteiger partial charge >= 0.3 is 0 Å². The number of hydrogen-bond acceptors (Lipinski definition) is 2. The van der Waals surface area contributed by atoms with Crippen molar-refractivity contribution in [2.45, 2.75) is 45.6 Å². The van der Waals surface area contributed by atoms with Crippen molar-refractivity contribution >= 4 is 5.78 Å². The molecule has 0 aromatic carbocycles. The number of hydrogen-bond donors (Lipinski definition) is 1. The van der Waals surface area contributed by atoms with Gasteiger partial charge in [0.15, 0.2) is 0 Å². The van der Waals surface area contributed by atoms with Gasteiger partial charge in [-0.15, -0.1) is 0 Å². The number of nitrogens with one attached hydrogen (secondary N) is 1. The lowest BCUT2D eigenvalue weighted by molar-refractivity contribution is -0.119. The molecule has 0 unspecified atom stereocenters. The lowest BCUT2D eigenvalue weighted by Gasteiger charge is -2.28. The molecule has 0 aromatic heterocycles. The van der Waals surface area contributed by atoms with Crippen molar-refractivity contribution in [3.63, 3.8) is 0 Å². The predicted molar refractivity (Wildman–Crippen MR) is 50.1 cm³/mol. The third kappa shape index (κ3) is 2.59. The molecule has 2 heteroatoms. The van der Waals surface area contributed by atoms with Crippen molar-refractivity contribution in [1.29, 1.82) is 0 Å². The van der Waals surface area contributed by atoms with Crippen LogP contribution in [-0.2, 0) is 4.79 Å². The van der Waals surface area contributed by atoms with Crippen LogP contribution in [0.25, 0.3) is 0 Å². The average molecular weight is 169 g/mol. The second-order valence-corrected chi connectivity index (χ2v) is 3.80. The van der Waals surface area contributed by atoms with Gasteiger partial charge in [-0.25, -0.2) is 0 Å². The first-order valence-electron chi connectivity index (χ1n) is 4.98. The van der Waals surface area contributed by atoms with Crippen LogP contribution in [0.5, 0.6) is 0 Å². The highest BCUT2D eigenvalue weighted by Gasteiger charge is 2.23. The van der Waals surface area contributed by atoms with Gasteiger partial charge in [-0.05, 0) is 32.2 Å². The maximum absolute atomic E-state index is 11.1. The van der Waals surface area contributed by atoms with Crippen molar-refractivity contribution in [3.8, 4) is 0 Å². The summed E-state index contributed by atoms with van der Waals surface area (Å²) < 4.78 is 0. The Balaban J connectivity index is 2.35. The summed E-state index contributed by atoms with van der Waals surface area (Å²) in [5, 5.41) is 3.26. The van der Waals surface area contributed by atoms with Gasteiger partial charge in [0.1, 0.15) is 5.78 Å². The van der Waals surface area contributed by atoms with Gasteiger partial charge in [-0.2, -0.15) is 0 Å². The number of carbonyl (C=O) groups is 1. The van der Waals surface area contributed by atoms with Gasteiger partial charge in [0, 0.05) is 0 Å². The molecule has 1 fully saturated rings. The molecule has 0 amide bonds. The molecular formula is C10H19NO. The molecule has 1 aliphatic heterocycles. The maximum Gasteiger partial charge on any atom is 0.146 e. The third-order valence-corrected chi connectivity index (χ3v) is 2.70. The summed E-state index contributed by atoms with van der Waals surface area (Å²) in [4.78, 5) is 11.1. The molecule has 0 aromatic rings. The van der Waals surface area contributed by atoms with Gasteiger partial charge in [-0.1, -0.05) is 19.8 Å². The largest absolute Gasteiger partial charge is 0.307 e. The molecule has 70 valence electrons. The van der Waals surface area contributed by atoms with Crippen molar-refractivity contribution in [2.24, 2.45) is 5.92 Å². The third-order valence-electron chi connectivity index (χ3n) is 2.70. The lowest BCUT2D eigenvalue weighted by Crippen LogP contribution is -2.42. The maximum atomic E-state index is 11.1. The van der Waals surface area contributed by atoms with Crippen molar-refractivity contribution in [2.75, 3.05) is 6.54 Å². The monoisotopic (exact) mass is 169 g/mol. The van der Waals surface area contributed by atoms with E-state index in [2.05, 4.69) is 12.2 Å². The highest BCUT2D eigenvalue weighted by atomic mass is 16.1. The average Bonchev–Trinajstić information content (AvgIpc) is 2.05. The Morgan fingerprint density at radius 3 is 2.92 bits per heavy atom. The van der Waals surface area contributed by atoms with E-state index in [0.717, 1.165) is 18.9 Å². The minimum Gasteiger partial charge on any atom is -0.307 e. The first-order chi connectivity index (χ1) is 5.74. The van der Waals surface area contributed by atoms with Crippen LogP contribution in [0.4, 0.5) is 0 Å². The molecular weight excluding hydrogens is 150 g/mol. The van der Waals surface area contributed by atoms with Crippen LogP contribution in [0, 0.1) is 5.92 Å². The number of Topliss-reactive ketones (excluding diaryl/α,β-unsaturated/α-hetero) is 1. The van der Waals surface area contributed by atoms with Gasteiger partial charge in [-0.3, -0.25) is 4.79 Å². The zero-order valence-electron chi connectivity index (χ0n) is 8.10. The summed E-state index contributed by atoms with van der Waals surface area (Å²) in [5.74, 6) is 1.08. The molecule has 12 heavy (non-hydrogen) atoms. The molecule has 0 radical (unpaired) electrons. The summed E-state index contributed by atoms with van der Waals surface area (Å²) >= 11 is 0. The van der Waals surface area contributed by atoms with Gasteiger partial charge in [0.05, 0.1) is 6.04 Å². The minimum atomic E-state index is 0.148. The fraction of sp³-hybridized carbons (Fsp3) is 0.900. The van der Waals surface area contributed by atoms with Crippen LogP contribution in [-0.4, -0.2) is 18.4 Å². The molecule has 1 N–H and O–H groups in total. The number of piperidine rings is 1. The Kier molecular flexibility index (Phi) is 3.73. The molecule has 0 aliphatic carbocycles. The van der Waals surface area contributed by atoms with Crippen LogP contribution < -0.4 is 5.32 Å². The normalized spacial score (nSPS) is 30.2. The Hall–Kier alpha value is -0.370. The van der Waals surface area contributed by atoms with Crippen molar-refractivity contribution in [3.05, 3.63) is 0 Å².